The van der Waals surface area contributed by atoms with Gasteiger partial charge in [0.05, 0.1) is 32.0 Å². The van der Waals surface area contributed by atoms with Gasteiger partial charge in [-0.25, -0.2) is 4.79 Å². The van der Waals surface area contributed by atoms with Crippen molar-refractivity contribution in [3.05, 3.63) is 53.6 Å². The van der Waals surface area contributed by atoms with E-state index in [0.29, 0.717) is 17.0 Å². The summed E-state index contributed by atoms with van der Waals surface area (Å²) >= 11 is 0. The van der Waals surface area contributed by atoms with E-state index in [9.17, 15) is 9.59 Å². The number of anilines is 2. The second kappa shape index (κ2) is 8.01. The quantitative estimate of drug-likeness (QED) is 0.798. The third-order valence-electron chi connectivity index (χ3n) is 3.48. The van der Waals surface area contributed by atoms with Gasteiger partial charge in [0, 0.05) is 5.69 Å². The monoisotopic (exact) mass is 328 g/mol. The fraction of sp³-hybridized carbons (Fsp3) is 0.222. The molecule has 0 aliphatic heterocycles. The number of aryl methyl sites for hydroxylation is 1. The first kappa shape index (κ1) is 17.3. The number of esters is 1. The second-order valence-electron chi connectivity index (χ2n) is 5.12. The second-order valence-corrected chi connectivity index (χ2v) is 5.12. The molecule has 6 heteroatoms. The lowest BCUT2D eigenvalue weighted by Crippen LogP contribution is -2.22. The van der Waals surface area contributed by atoms with Gasteiger partial charge < -0.3 is 20.1 Å². The van der Waals surface area contributed by atoms with Gasteiger partial charge in [-0.05, 0) is 36.8 Å². The Balaban J connectivity index is 2.03. The molecular weight excluding hydrogens is 308 g/mol. The Morgan fingerprint density at radius 1 is 1.04 bits per heavy atom. The third-order valence-corrected chi connectivity index (χ3v) is 3.48. The fourth-order valence-corrected chi connectivity index (χ4v) is 2.16. The maximum Gasteiger partial charge on any atom is 0.337 e. The molecule has 0 atom stereocenters. The molecule has 0 spiro atoms. The smallest absolute Gasteiger partial charge is 0.337 e. The molecule has 1 amide bonds. The SMILES string of the molecule is COC(=O)c1ccc(C)c(NC(=O)CNc2ccccc2OC)c1. The summed E-state index contributed by atoms with van der Waals surface area (Å²) in [4.78, 5) is 23.7. The van der Waals surface area contributed by atoms with Gasteiger partial charge in [0.15, 0.2) is 0 Å². The van der Waals surface area contributed by atoms with Gasteiger partial charge in [-0.3, -0.25) is 4.79 Å². The van der Waals surface area contributed by atoms with Crippen LogP contribution < -0.4 is 15.4 Å². The maximum atomic E-state index is 12.2. The Bertz CT molecular complexity index is 744. The van der Waals surface area contributed by atoms with Crippen LogP contribution in [0.5, 0.6) is 5.75 Å². The van der Waals surface area contributed by atoms with Crippen LogP contribution in [0.25, 0.3) is 0 Å². The highest BCUT2D eigenvalue weighted by molar-refractivity contribution is 5.97. The van der Waals surface area contributed by atoms with Crippen molar-refractivity contribution >= 4 is 23.3 Å². The molecule has 0 unspecified atom stereocenters. The molecule has 0 aliphatic carbocycles. The van der Waals surface area contributed by atoms with Crippen LogP contribution in [0, 0.1) is 6.92 Å². The Morgan fingerprint density at radius 2 is 1.79 bits per heavy atom. The summed E-state index contributed by atoms with van der Waals surface area (Å²) in [5.74, 6) is -0.0159. The molecule has 2 aromatic carbocycles. The molecule has 6 nitrogen and oxygen atoms in total. The lowest BCUT2D eigenvalue weighted by Gasteiger charge is -2.12. The molecule has 0 bridgehead atoms. The first-order valence-electron chi connectivity index (χ1n) is 7.41. The zero-order valence-electron chi connectivity index (χ0n) is 13.9. The van der Waals surface area contributed by atoms with E-state index in [4.69, 9.17) is 4.74 Å². The number of rotatable bonds is 6. The fourth-order valence-electron chi connectivity index (χ4n) is 2.16. The number of methoxy groups -OCH3 is 2. The molecule has 0 fully saturated rings. The van der Waals surface area contributed by atoms with E-state index in [0.717, 1.165) is 11.3 Å². The van der Waals surface area contributed by atoms with Crippen molar-refractivity contribution in [2.75, 3.05) is 31.4 Å². The average molecular weight is 328 g/mol. The van der Waals surface area contributed by atoms with Gasteiger partial charge in [0.1, 0.15) is 5.75 Å². The molecule has 0 aromatic heterocycles. The van der Waals surface area contributed by atoms with Crippen LogP contribution in [0.2, 0.25) is 0 Å². The van der Waals surface area contributed by atoms with Gasteiger partial charge in [0.25, 0.3) is 0 Å². The highest BCUT2D eigenvalue weighted by Gasteiger charge is 2.11. The zero-order valence-corrected chi connectivity index (χ0v) is 13.9. The normalized spacial score (nSPS) is 9.96. The predicted octanol–water partition coefficient (Wildman–Crippen LogP) is 2.84. The van der Waals surface area contributed by atoms with Gasteiger partial charge in [-0.1, -0.05) is 18.2 Å². The van der Waals surface area contributed by atoms with Crippen molar-refractivity contribution in [3.8, 4) is 5.75 Å². The van der Waals surface area contributed by atoms with Crippen molar-refractivity contribution in [1.29, 1.82) is 0 Å². The van der Waals surface area contributed by atoms with E-state index in [1.807, 2.05) is 31.2 Å². The predicted molar refractivity (Wildman–Crippen MR) is 92.6 cm³/mol. The number of ether oxygens (including phenoxy) is 2. The van der Waals surface area contributed by atoms with Crippen molar-refractivity contribution in [1.82, 2.24) is 0 Å². The Hall–Kier alpha value is -3.02. The molecule has 0 saturated carbocycles. The Kier molecular flexibility index (Phi) is 5.78. The number of nitrogens with one attached hydrogen (secondary N) is 2. The summed E-state index contributed by atoms with van der Waals surface area (Å²) < 4.78 is 9.91. The highest BCUT2D eigenvalue weighted by Crippen LogP contribution is 2.23. The van der Waals surface area contributed by atoms with Crippen LogP contribution >= 0.6 is 0 Å². The molecule has 2 aromatic rings. The number of amides is 1. The van der Waals surface area contributed by atoms with Crippen molar-refractivity contribution in [2.24, 2.45) is 0 Å². The summed E-state index contributed by atoms with van der Waals surface area (Å²) in [5.41, 5.74) is 2.55. The number of hydrogen-bond donors (Lipinski definition) is 2. The summed E-state index contributed by atoms with van der Waals surface area (Å²) in [6.07, 6.45) is 0. The standard InChI is InChI=1S/C18H20N2O4/c1-12-8-9-13(18(22)24-3)10-15(12)20-17(21)11-19-14-6-4-5-7-16(14)23-2/h4-10,19H,11H2,1-3H3,(H,20,21). The minimum absolute atomic E-state index is 0.0717. The Morgan fingerprint density at radius 3 is 2.50 bits per heavy atom. The largest absolute Gasteiger partial charge is 0.495 e. The van der Waals surface area contributed by atoms with E-state index in [1.165, 1.54) is 7.11 Å². The molecule has 126 valence electrons. The number of benzene rings is 2. The summed E-state index contributed by atoms with van der Waals surface area (Å²) in [6.45, 7) is 1.92. The number of para-hydroxylation sites is 2. The first-order chi connectivity index (χ1) is 11.5. The lowest BCUT2D eigenvalue weighted by molar-refractivity contribution is -0.114. The molecule has 0 saturated heterocycles. The number of carbonyl (C=O) groups is 2. The van der Waals surface area contributed by atoms with Crippen LogP contribution in [0.4, 0.5) is 11.4 Å². The molecule has 24 heavy (non-hydrogen) atoms. The minimum Gasteiger partial charge on any atom is -0.495 e. The number of carbonyl (C=O) groups excluding carboxylic acids is 2. The van der Waals surface area contributed by atoms with E-state index in [-0.39, 0.29) is 12.5 Å². The van der Waals surface area contributed by atoms with Crippen LogP contribution in [0.3, 0.4) is 0 Å². The zero-order chi connectivity index (χ0) is 17.5. The van der Waals surface area contributed by atoms with Gasteiger partial charge in [-0.2, -0.15) is 0 Å². The Labute approximate surface area is 140 Å². The van der Waals surface area contributed by atoms with Crippen LogP contribution in [0.15, 0.2) is 42.5 Å². The van der Waals surface area contributed by atoms with Crippen LogP contribution in [0.1, 0.15) is 15.9 Å². The molecular formula is C18H20N2O4. The number of hydrogen-bond acceptors (Lipinski definition) is 5. The molecule has 0 aliphatic rings. The van der Waals surface area contributed by atoms with E-state index in [2.05, 4.69) is 15.4 Å². The summed E-state index contributed by atoms with van der Waals surface area (Å²) in [7, 11) is 2.89. The van der Waals surface area contributed by atoms with E-state index < -0.39 is 5.97 Å². The van der Waals surface area contributed by atoms with E-state index >= 15 is 0 Å². The molecule has 2 N–H and O–H groups in total. The maximum absolute atomic E-state index is 12.2. The first-order valence-corrected chi connectivity index (χ1v) is 7.41. The van der Waals surface area contributed by atoms with Crippen molar-refractivity contribution in [3.63, 3.8) is 0 Å². The molecule has 0 radical (unpaired) electrons. The lowest BCUT2D eigenvalue weighted by atomic mass is 10.1. The topological polar surface area (TPSA) is 76.7 Å². The average Bonchev–Trinajstić information content (AvgIpc) is 2.61. The van der Waals surface area contributed by atoms with Crippen molar-refractivity contribution < 1.29 is 19.1 Å². The summed E-state index contributed by atoms with van der Waals surface area (Å²) in [5, 5.41) is 5.81. The molecule has 2 rings (SSSR count). The van der Waals surface area contributed by atoms with E-state index in [1.54, 1.807) is 25.3 Å². The minimum atomic E-state index is -0.447. The van der Waals surface area contributed by atoms with Crippen LogP contribution in [-0.2, 0) is 9.53 Å². The van der Waals surface area contributed by atoms with Crippen LogP contribution in [-0.4, -0.2) is 32.6 Å². The summed E-state index contributed by atoms with van der Waals surface area (Å²) in [6, 6.07) is 12.4. The van der Waals surface area contributed by atoms with Gasteiger partial charge in [0.2, 0.25) is 5.91 Å². The third kappa shape index (κ3) is 4.25. The van der Waals surface area contributed by atoms with Gasteiger partial charge in [-0.15, -0.1) is 0 Å². The highest BCUT2D eigenvalue weighted by atomic mass is 16.5. The van der Waals surface area contributed by atoms with Gasteiger partial charge >= 0.3 is 5.97 Å². The molecule has 0 heterocycles. The van der Waals surface area contributed by atoms with Crippen molar-refractivity contribution in [2.45, 2.75) is 6.92 Å².